The maximum Gasteiger partial charge on any atom is 0.187 e. The van der Waals surface area contributed by atoms with Gasteiger partial charge < -0.3 is 4.57 Å². The van der Waals surface area contributed by atoms with Crippen LogP contribution in [-0.2, 0) is 11.2 Å². The monoisotopic (exact) mass is 414 g/mol. The molecule has 1 aromatic carbocycles. The van der Waals surface area contributed by atoms with Gasteiger partial charge in [-0.25, -0.2) is 19.3 Å². The molecule has 1 unspecified atom stereocenters. The summed E-state index contributed by atoms with van der Waals surface area (Å²) in [4.78, 5) is 25.3. The normalized spacial score (nSPS) is 15.6. The van der Waals surface area contributed by atoms with E-state index in [0.29, 0.717) is 10.9 Å². The van der Waals surface area contributed by atoms with E-state index in [9.17, 15) is 9.18 Å². The van der Waals surface area contributed by atoms with E-state index in [-0.39, 0.29) is 17.0 Å². The lowest BCUT2D eigenvalue weighted by atomic mass is 10.1. The summed E-state index contributed by atoms with van der Waals surface area (Å²) in [5.41, 5.74) is 3.34. The van der Waals surface area contributed by atoms with Crippen molar-refractivity contribution in [2.45, 2.75) is 31.0 Å². The molecule has 0 saturated carbocycles. The number of fused-ring (bicyclic) bond motifs is 1. The molecule has 28 heavy (non-hydrogen) atoms. The van der Waals surface area contributed by atoms with Gasteiger partial charge in [0.2, 0.25) is 0 Å². The Morgan fingerprint density at radius 2 is 2.04 bits per heavy atom. The molecule has 5 nitrogen and oxygen atoms in total. The van der Waals surface area contributed by atoms with Crippen molar-refractivity contribution in [2.24, 2.45) is 0 Å². The average molecular weight is 415 g/mol. The molecule has 0 bridgehead atoms. The lowest BCUT2D eigenvalue weighted by Crippen LogP contribution is -2.10. The van der Waals surface area contributed by atoms with Crippen LogP contribution in [0.4, 0.5) is 4.39 Å². The molecule has 4 rings (SSSR count). The number of hydrogen-bond acceptors (Lipinski definition) is 6. The lowest BCUT2D eigenvalue weighted by molar-refractivity contribution is -0.109. The van der Waals surface area contributed by atoms with Crippen molar-refractivity contribution in [3.8, 4) is 22.6 Å². The molecular weight excluding hydrogens is 395 g/mol. The third-order valence-electron chi connectivity index (χ3n) is 4.71. The largest absolute Gasteiger partial charge is 0.322 e. The van der Waals surface area contributed by atoms with Crippen LogP contribution in [0.5, 0.6) is 0 Å². The van der Waals surface area contributed by atoms with Crippen molar-refractivity contribution in [1.29, 1.82) is 0 Å². The Balaban J connectivity index is 1.87. The van der Waals surface area contributed by atoms with Gasteiger partial charge >= 0.3 is 0 Å². The standard InChI is InChI=1S/C20H19FN4OS2/c1-12(26)28-11-15-7-8-17-24-18(13-3-5-14(21)6-4-13)19(25(15)17)16-9-10-22-20(23-16)27-2/h3-6,9-10,15H,7-8,11H2,1-2H3. The van der Waals surface area contributed by atoms with E-state index in [0.717, 1.165) is 41.3 Å². The summed E-state index contributed by atoms with van der Waals surface area (Å²) in [7, 11) is 0. The van der Waals surface area contributed by atoms with Crippen LogP contribution in [-0.4, -0.2) is 36.6 Å². The number of benzene rings is 1. The van der Waals surface area contributed by atoms with Gasteiger partial charge in [0.15, 0.2) is 10.3 Å². The highest BCUT2D eigenvalue weighted by Crippen LogP contribution is 2.40. The van der Waals surface area contributed by atoms with Crippen molar-refractivity contribution in [1.82, 2.24) is 19.5 Å². The number of nitrogens with zero attached hydrogens (tertiary/aromatic N) is 4. The number of carbonyl (C=O) groups is 1. The van der Waals surface area contributed by atoms with Crippen LogP contribution >= 0.6 is 23.5 Å². The van der Waals surface area contributed by atoms with Crippen molar-refractivity contribution < 1.29 is 9.18 Å². The second-order valence-electron chi connectivity index (χ2n) is 6.53. The van der Waals surface area contributed by atoms with Crippen LogP contribution < -0.4 is 0 Å². The predicted octanol–water partition coefficient (Wildman–Crippen LogP) is 4.64. The molecule has 0 N–H and O–H groups in total. The molecule has 0 amide bonds. The quantitative estimate of drug-likeness (QED) is 0.448. The minimum Gasteiger partial charge on any atom is -0.322 e. The number of carbonyl (C=O) groups excluding carboxylic acids is 1. The van der Waals surface area contributed by atoms with E-state index in [2.05, 4.69) is 14.5 Å². The predicted molar refractivity (Wildman–Crippen MR) is 111 cm³/mol. The number of hydrogen-bond donors (Lipinski definition) is 0. The smallest absolute Gasteiger partial charge is 0.187 e. The molecule has 1 atom stereocenters. The van der Waals surface area contributed by atoms with E-state index in [4.69, 9.17) is 4.98 Å². The number of aryl methyl sites for hydroxylation is 1. The summed E-state index contributed by atoms with van der Waals surface area (Å²) >= 11 is 2.82. The summed E-state index contributed by atoms with van der Waals surface area (Å²) in [5, 5.41) is 0.798. The molecule has 8 heteroatoms. The summed E-state index contributed by atoms with van der Waals surface area (Å²) in [5.74, 6) is 1.40. The highest BCUT2D eigenvalue weighted by Gasteiger charge is 2.31. The summed E-state index contributed by atoms with van der Waals surface area (Å²) < 4.78 is 15.7. The van der Waals surface area contributed by atoms with Gasteiger partial charge in [-0.3, -0.25) is 4.79 Å². The minimum absolute atomic E-state index is 0.112. The molecule has 0 fully saturated rings. The van der Waals surface area contributed by atoms with E-state index >= 15 is 0 Å². The fourth-order valence-corrected chi connectivity index (χ4v) is 4.57. The Hall–Kier alpha value is -2.19. The molecule has 3 aromatic rings. The molecule has 2 aromatic heterocycles. The number of thioether (sulfide) groups is 2. The molecule has 0 aliphatic carbocycles. The number of aromatic nitrogens is 4. The Kier molecular flexibility index (Phi) is 5.50. The molecule has 1 aliphatic heterocycles. The second kappa shape index (κ2) is 8.05. The minimum atomic E-state index is -0.278. The van der Waals surface area contributed by atoms with Gasteiger partial charge in [0, 0.05) is 36.9 Å². The number of imidazole rings is 1. The highest BCUT2D eigenvalue weighted by molar-refractivity contribution is 8.13. The van der Waals surface area contributed by atoms with E-state index < -0.39 is 0 Å². The maximum absolute atomic E-state index is 13.4. The average Bonchev–Trinajstić information content (AvgIpc) is 3.26. The van der Waals surface area contributed by atoms with Gasteiger partial charge in [-0.2, -0.15) is 0 Å². The number of rotatable bonds is 5. The Bertz CT molecular complexity index is 1020. The van der Waals surface area contributed by atoms with Gasteiger partial charge in [-0.1, -0.05) is 23.5 Å². The van der Waals surface area contributed by atoms with Crippen LogP contribution in [0.1, 0.15) is 25.2 Å². The van der Waals surface area contributed by atoms with E-state index in [1.165, 1.54) is 35.7 Å². The maximum atomic E-state index is 13.4. The Morgan fingerprint density at radius 3 is 2.75 bits per heavy atom. The van der Waals surface area contributed by atoms with Crippen LogP contribution in [0.3, 0.4) is 0 Å². The first-order chi connectivity index (χ1) is 13.6. The van der Waals surface area contributed by atoms with Gasteiger partial charge in [-0.05, 0) is 43.0 Å². The van der Waals surface area contributed by atoms with Crippen LogP contribution in [0.15, 0.2) is 41.7 Å². The Morgan fingerprint density at radius 1 is 1.25 bits per heavy atom. The van der Waals surface area contributed by atoms with Gasteiger partial charge in [0.25, 0.3) is 0 Å². The molecule has 0 radical (unpaired) electrons. The second-order valence-corrected chi connectivity index (χ2v) is 8.50. The lowest BCUT2D eigenvalue weighted by Gasteiger charge is -2.16. The number of halogens is 1. The third kappa shape index (κ3) is 3.71. The van der Waals surface area contributed by atoms with Crippen molar-refractivity contribution in [3.63, 3.8) is 0 Å². The van der Waals surface area contributed by atoms with E-state index in [1.54, 1.807) is 25.3 Å². The topological polar surface area (TPSA) is 60.7 Å². The van der Waals surface area contributed by atoms with Crippen molar-refractivity contribution in [2.75, 3.05) is 12.0 Å². The fourth-order valence-electron chi connectivity index (χ4n) is 3.47. The zero-order valence-electron chi connectivity index (χ0n) is 15.6. The van der Waals surface area contributed by atoms with Crippen LogP contribution in [0, 0.1) is 5.82 Å². The highest BCUT2D eigenvalue weighted by atomic mass is 32.2. The van der Waals surface area contributed by atoms with Gasteiger partial charge in [-0.15, -0.1) is 0 Å². The third-order valence-corrected chi connectivity index (χ3v) is 6.23. The molecule has 1 aliphatic rings. The Labute approximate surface area is 171 Å². The van der Waals surface area contributed by atoms with Gasteiger partial charge in [0.05, 0.1) is 17.1 Å². The molecular formula is C20H19FN4OS2. The van der Waals surface area contributed by atoms with Crippen molar-refractivity contribution in [3.05, 3.63) is 48.2 Å². The van der Waals surface area contributed by atoms with Crippen molar-refractivity contribution >= 4 is 28.6 Å². The first kappa shape index (κ1) is 19.1. The SMILES string of the molecule is CSc1nccc(-c2c(-c3ccc(F)cc3)nc3n2C(CSC(C)=O)CC3)n1. The molecule has 3 heterocycles. The molecule has 144 valence electrons. The zero-order valence-corrected chi connectivity index (χ0v) is 17.2. The zero-order chi connectivity index (χ0) is 19.7. The molecule has 0 spiro atoms. The summed E-state index contributed by atoms with van der Waals surface area (Å²) in [6, 6.07) is 8.43. The van der Waals surface area contributed by atoms with E-state index in [1.807, 2.05) is 12.3 Å². The molecule has 0 saturated heterocycles. The summed E-state index contributed by atoms with van der Waals surface area (Å²) in [6.45, 7) is 1.59. The van der Waals surface area contributed by atoms with Crippen LogP contribution in [0.2, 0.25) is 0 Å². The fraction of sp³-hybridized carbons (Fsp3) is 0.300. The first-order valence-corrected chi connectivity index (χ1v) is 11.2. The summed E-state index contributed by atoms with van der Waals surface area (Å²) in [6.07, 6.45) is 5.47. The van der Waals surface area contributed by atoms with Gasteiger partial charge in [0.1, 0.15) is 11.6 Å². The first-order valence-electron chi connectivity index (χ1n) is 8.94. The van der Waals surface area contributed by atoms with Crippen LogP contribution in [0.25, 0.3) is 22.6 Å².